The molecule has 0 saturated carbocycles. The number of furan rings is 1. The molecule has 7 nitrogen and oxygen atoms in total. The van der Waals surface area contributed by atoms with Gasteiger partial charge in [0.15, 0.2) is 0 Å². The van der Waals surface area contributed by atoms with Crippen LogP contribution in [-0.4, -0.2) is 48.5 Å². The van der Waals surface area contributed by atoms with Crippen molar-refractivity contribution < 1.29 is 41.4 Å². The van der Waals surface area contributed by atoms with Crippen LogP contribution in [0.1, 0.15) is 18.6 Å². The zero-order valence-corrected chi connectivity index (χ0v) is 16.8. The van der Waals surface area contributed by atoms with E-state index < -0.39 is 18.2 Å². The molecule has 3 heterocycles. The van der Waals surface area contributed by atoms with Crippen LogP contribution in [0, 0.1) is 11.7 Å². The summed E-state index contributed by atoms with van der Waals surface area (Å²) in [7, 11) is 0. The number of fused-ring (bicyclic) bond motifs is 1. The van der Waals surface area contributed by atoms with Crippen molar-refractivity contribution in [3.63, 3.8) is 0 Å². The lowest BCUT2D eigenvalue weighted by atomic mass is 9.91. The summed E-state index contributed by atoms with van der Waals surface area (Å²) >= 11 is 0. The minimum Gasteiger partial charge on any atom is -0.475 e. The fourth-order valence-corrected chi connectivity index (χ4v) is 3.71. The van der Waals surface area contributed by atoms with Crippen LogP contribution in [0.5, 0.6) is 0 Å². The number of carbonyl (C=O) groups excluding carboxylic acids is 1. The van der Waals surface area contributed by atoms with Gasteiger partial charge in [-0.05, 0) is 49.1 Å². The number of carbonyl (C=O) groups is 2. The number of ether oxygens (including phenoxy) is 1. The monoisotopic (exact) mass is 458 g/mol. The molecule has 3 atom stereocenters. The van der Waals surface area contributed by atoms with Gasteiger partial charge in [0.2, 0.25) is 5.91 Å². The van der Waals surface area contributed by atoms with Crippen LogP contribution in [0.3, 0.4) is 0 Å². The summed E-state index contributed by atoms with van der Waals surface area (Å²) < 4.78 is 56.4. The van der Waals surface area contributed by atoms with Crippen LogP contribution in [0.25, 0.3) is 0 Å². The number of nitrogens with one attached hydrogen (secondary N) is 1. The van der Waals surface area contributed by atoms with Crippen LogP contribution < -0.4 is 10.2 Å². The van der Waals surface area contributed by atoms with Crippen LogP contribution >= 0.6 is 0 Å². The predicted molar refractivity (Wildman–Crippen MR) is 104 cm³/mol. The molecule has 0 radical (unpaired) electrons. The van der Waals surface area contributed by atoms with E-state index in [1.165, 1.54) is 6.07 Å². The molecule has 0 aliphatic carbocycles. The minimum absolute atomic E-state index is 0.0105. The predicted octanol–water partition coefficient (Wildman–Crippen LogP) is 3.35. The van der Waals surface area contributed by atoms with E-state index in [9.17, 15) is 22.4 Å². The maximum absolute atomic E-state index is 13.4. The summed E-state index contributed by atoms with van der Waals surface area (Å²) in [6.45, 7) is 1.92. The van der Waals surface area contributed by atoms with E-state index in [4.69, 9.17) is 19.1 Å². The smallest absolute Gasteiger partial charge is 0.475 e. The summed E-state index contributed by atoms with van der Waals surface area (Å²) in [5.74, 6) is -1.98. The molecule has 1 amide bonds. The molecule has 11 heteroatoms. The van der Waals surface area contributed by atoms with Gasteiger partial charge in [-0.1, -0.05) is 6.07 Å². The number of anilines is 1. The average molecular weight is 458 g/mol. The van der Waals surface area contributed by atoms with Gasteiger partial charge < -0.3 is 24.5 Å². The van der Waals surface area contributed by atoms with Crippen molar-refractivity contribution >= 4 is 17.6 Å². The van der Waals surface area contributed by atoms with E-state index >= 15 is 0 Å². The van der Waals surface area contributed by atoms with E-state index in [2.05, 4.69) is 10.2 Å². The van der Waals surface area contributed by atoms with Gasteiger partial charge in [-0.25, -0.2) is 9.18 Å². The van der Waals surface area contributed by atoms with E-state index in [-0.39, 0.29) is 17.8 Å². The zero-order valence-electron chi connectivity index (χ0n) is 16.8. The number of nitrogens with zero attached hydrogens (tertiary/aromatic N) is 1. The summed E-state index contributed by atoms with van der Waals surface area (Å²) in [6, 6.07) is 10.2. The first kappa shape index (κ1) is 23.6. The Morgan fingerprint density at radius 3 is 2.59 bits per heavy atom. The number of piperidine rings is 1. The second-order valence-electron chi connectivity index (χ2n) is 7.47. The summed E-state index contributed by atoms with van der Waals surface area (Å²) in [5.41, 5.74) is 0.868. The SMILES string of the molecule is O=C(NCc1ccco1)[C@H]1C[C@@H]2CCN(c3cccc(F)c3)C[C@@H]2O1.O=C(O)C(F)(F)F. The third-order valence-corrected chi connectivity index (χ3v) is 5.28. The highest BCUT2D eigenvalue weighted by Crippen LogP contribution is 2.35. The number of carboxylic acids is 1. The van der Waals surface area contributed by atoms with Crippen molar-refractivity contribution in [1.29, 1.82) is 0 Å². The highest BCUT2D eigenvalue weighted by atomic mass is 19.4. The van der Waals surface area contributed by atoms with E-state index in [0.29, 0.717) is 19.0 Å². The lowest BCUT2D eigenvalue weighted by Crippen LogP contribution is -2.42. The lowest BCUT2D eigenvalue weighted by Gasteiger charge is -2.35. The van der Waals surface area contributed by atoms with Crippen LogP contribution in [0.15, 0.2) is 47.1 Å². The van der Waals surface area contributed by atoms with Crippen molar-refractivity contribution in [2.75, 3.05) is 18.0 Å². The van der Waals surface area contributed by atoms with Gasteiger partial charge in [0.1, 0.15) is 17.7 Å². The second kappa shape index (κ2) is 10.0. The van der Waals surface area contributed by atoms with Gasteiger partial charge in [-0.2, -0.15) is 13.2 Å². The van der Waals surface area contributed by atoms with Crippen molar-refractivity contribution in [3.05, 3.63) is 54.2 Å². The molecular weight excluding hydrogens is 436 g/mol. The second-order valence-corrected chi connectivity index (χ2v) is 7.47. The molecule has 2 aromatic rings. The third-order valence-electron chi connectivity index (χ3n) is 5.28. The molecule has 32 heavy (non-hydrogen) atoms. The molecule has 2 aliphatic rings. The minimum atomic E-state index is -5.08. The van der Waals surface area contributed by atoms with Crippen molar-refractivity contribution in [2.24, 2.45) is 5.92 Å². The van der Waals surface area contributed by atoms with Gasteiger partial charge in [-0.3, -0.25) is 4.79 Å². The lowest BCUT2D eigenvalue weighted by molar-refractivity contribution is -0.192. The Morgan fingerprint density at radius 2 is 1.97 bits per heavy atom. The number of carboxylic acid groups (broad SMARTS) is 1. The largest absolute Gasteiger partial charge is 0.490 e. The normalized spacial score (nSPS) is 22.5. The van der Waals surface area contributed by atoms with Crippen LogP contribution in [0.4, 0.5) is 23.2 Å². The molecule has 0 unspecified atom stereocenters. The first-order valence-corrected chi connectivity index (χ1v) is 9.89. The quantitative estimate of drug-likeness (QED) is 0.683. The molecule has 2 N–H and O–H groups in total. The highest BCUT2D eigenvalue weighted by molar-refractivity contribution is 5.81. The van der Waals surface area contributed by atoms with Crippen molar-refractivity contribution in [3.8, 4) is 0 Å². The van der Waals surface area contributed by atoms with Gasteiger partial charge in [0.05, 0.1) is 18.9 Å². The van der Waals surface area contributed by atoms with E-state index in [1.807, 2.05) is 12.1 Å². The fraction of sp³-hybridized carbons (Fsp3) is 0.429. The third kappa shape index (κ3) is 6.22. The highest BCUT2D eigenvalue weighted by Gasteiger charge is 2.42. The number of amides is 1. The summed E-state index contributed by atoms with van der Waals surface area (Å²) in [6.07, 6.45) is -2.22. The maximum Gasteiger partial charge on any atom is 0.490 e. The molecule has 0 bridgehead atoms. The Balaban J connectivity index is 0.000000360. The Labute approximate surface area is 180 Å². The van der Waals surface area contributed by atoms with Gasteiger partial charge in [0, 0.05) is 18.8 Å². The number of benzene rings is 1. The molecule has 1 aromatic carbocycles. The first-order chi connectivity index (χ1) is 15.1. The Bertz CT molecular complexity index is 919. The summed E-state index contributed by atoms with van der Waals surface area (Å²) in [4.78, 5) is 23.4. The first-order valence-electron chi connectivity index (χ1n) is 9.89. The number of rotatable bonds is 4. The molecular formula is C21H22F4N2O5. The summed E-state index contributed by atoms with van der Waals surface area (Å²) in [5, 5.41) is 9.99. The molecule has 4 rings (SSSR count). The molecule has 2 aliphatic heterocycles. The molecule has 0 spiro atoms. The Hall–Kier alpha value is -3.08. The number of hydrogen-bond donors (Lipinski definition) is 2. The Kier molecular flexibility index (Phi) is 7.39. The molecule has 2 fully saturated rings. The van der Waals surface area contributed by atoms with Gasteiger partial charge in [0.25, 0.3) is 0 Å². The average Bonchev–Trinajstić information content (AvgIpc) is 3.41. The number of aliphatic carboxylic acids is 1. The van der Waals surface area contributed by atoms with E-state index in [1.54, 1.807) is 24.5 Å². The molecule has 1 aromatic heterocycles. The van der Waals surface area contributed by atoms with Crippen LogP contribution in [0.2, 0.25) is 0 Å². The number of hydrogen-bond acceptors (Lipinski definition) is 5. The zero-order chi connectivity index (χ0) is 23.3. The van der Waals surface area contributed by atoms with Crippen molar-refractivity contribution in [1.82, 2.24) is 5.32 Å². The molecule has 174 valence electrons. The van der Waals surface area contributed by atoms with Gasteiger partial charge in [-0.15, -0.1) is 0 Å². The Morgan fingerprint density at radius 1 is 1.22 bits per heavy atom. The van der Waals surface area contributed by atoms with E-state index in [0.717, 1.165) is 30.8 Å². The standard InChI is InChI=1S/C19H21FN2O3.C2HF3O2/c20-14-3-1-4-15(10-14)22-7-6-13-9-17(25-18(13)12-22)19(23)21-11-16-5-2-8-24-16;3-2(4,5)1(6)7/h1-5,8,10,13,17-18H,6-7,9,11-12H2,(H,21,23);(H,6,7)/t13-,17+,18-;/m0./s1. The van der Waals surface area contributed by atoms with Crippen LogP contribution in [-0.2, 0) is 20.9 Å². The maximum atomic E-state index is 13.4. The van der Waals surface area contributed by atoms with Crippen molar-refractivity contribution in [2.45, 2.75) is 37.8 Å². The van der Waals surface area contributed by atoms with Gasteiger partial charge >= 0.3 is 12.1 Å². The topological polar surface area (TPSA) is 92.0 Å². The fourth-order valence-electron chi connectivity index (χ4n) is 3.71. The molecule has 2 saturated heterocycles. The number of alkyl halides is 3. The number of halogens is 4.